The average molecular weight is 196 g/mol. The largest absolute Gasteiger partial charge is 0.390 e. The Bertz CT molecular complexity index is 201. The van der Waals surface area contributed by atoms with Crippen molar-refractivity contribution in [1.82, 2.24) is 10.2 Å². The predicted octanol–water partition coefficient (Wildman–Crippen LogP) is 0.0560. The standard InChI is InChI=1S/C11H20N2O/c1-2-3-6-12-9-11(14)10-13-7-4-5-8-13/h11-12,14H,4-10H2,1H3. The summed E-state index contributed by atoms with van der Waals surface area (Å²) in [7, 11) is 0. The first-order chi connectivity index (χ1) is 6.83. The van der Waals surface area contributed by atoms with Crippen molar-refractivity contribution in [3.8, 4) is 11.8 Å². The van der Waals surface area contributed by atoms with Crippen LogP contribution in [0.1, 0.15) is 19.8 Å². The lowest BCUT2D eigenvalue weighted by molar-refractivity contribution is 0.124. The van der Waals surface area contributed by atoms with Crippen LogP contribution in [0, 0.1) is 11.8 Å². The van der Waals surface area contributed by atoms with Gasteiger partial charge in [0, 0.05) is 13.1 Å². The molecule has 2 N–H and O–H groups in total. The zero-order valence-electron chi connectivity index (χ0n) is 8.92. The van der Waals surface area contributed by atoms with Crippen molar-refractivity contribution in [3.63, 3.8) is 0 Å². The van der Waals surface area contributed by atoms with Crippen molar-refractivity contribution in [2.45, 2.75) is 25.9 Å². The van der Waals surface area contributed by atoms with E-state index in [0.29, 0.717) is 13.1 Å². The molecule has 0 aromatic heterocycles. The molecule has 0 radical (unpaired) electrons. The van der Waals surface area contributed by atoms with Crippen LogP contribution in [0.15, 0.2) is 0 Å². The summed E-state index contributed by atoms with van der Waals surface area (Å²) >= 11 is 0. The molecule has 1 aliphatic heterocycles. The normalized spacial score (nSPS) is 19.0. The number of aliphatic hydroxyl groups is 1. The molecule has 0 aliphatic carbocycles. The van der Waals surface area contributed by atoms with E-state index < -0.39 is 0 Å². The second-order valence-electron chi connectivity index (χ2n) is 3.72. The smallest absolute Gasteiger partial charge is 0.0791 e. The van der Waals surface area contributed by atoms with Crippen molar-refractivity contribution in [3.05, 3.63) is 0 Å². The zero-order valence-corrected chi connectivity index (χ0v) is 8.92. The lowest BCUT2D eigenvalue weighted by Gasteiger charge is -2.19. The molecule has 3 heteroatoms. The fourth-order valence-corrected chi connectivity index (χ4v) is 1.72. The van der Waals surface area contributed by atoms with Gasteiger partial charge in [-0.25, -0.2) is 0 Å². The summed E-state index contributed by atoms with van der Waals surface area (Å²) in [4.78, 5) is 2.32. The van der Waals surface area contributed by atoms with Gasteiger partial charge >= 0.3 is 0 Å². The minimum Gasteiger partial charge on any atom is -0.390 e. The maximum Gasteiger partial charge on any atom is 0.0791 e. The Labute approximate surface area is 86.5 Å². The van der Waals surface area contributed by atoms with Crippen molar-refractivity contribution < 1.29 is 5.11 Å². The van der Waals surface area contributed by atoms with Crippen LogP contribution in [0.25, 0.3) is 0 Å². The number of aliphatic hydroxyl groups excluding tert-OH is 1. The van der Waals surface area contributed by atoms with Crippen LogP contribution in [0.4, 0.5) is 0 Å². The van der Waals surface area contributed by atoms with Gasteiger partial charge in [-0.2, -0.15) is 0 Å². The summed E-state index contributed by atoms with van der Waals surface area (Å²) in [5.74, 6) is 5.72. The van der Waals surface area contributed by atoms with Crippen LogP contribution in [-0.2, 0) is 0 Å². The van der Waals surface area contributed by atoms with Gasteiger partial charge in [0.1, 0.15) is 0 Å². The lowest BCUT2D eigenvalue weighted by Crippen LogP contribution is -2.37. The number of hydrogen-bond donors (Lipinski definition) is 2. The first-order valence-electron chi connectivity index (χ1n) is 5.33. The monoisotopic (exact) mass is 196 g/mol. The quantitative estimate of drug-likeness (QED) is 0.482. The van der Waals surface area contributed by atoms with Crippen LogP contribution >= 0.6 is 0 Å². The van der Waals surface area contributed by atoms with Crippen LogP contribution in [0.3, 0.4) is 0 Å². The molecular weight excluding hydrogens is 176 g/mol. The summed E-state index contributed by atoms with van der Waals surface area (Å²) in [6.07, 6.45) is 2.30. The van der Waals surface area contributed by atoms with E-state index in [0.717, 1.165) is 19.6 Å². The minimum atomic E-state index is -0.258. The Morgan fingerprint density at radius 1 is 1.43 bits per heavy atom. The fourth-order valence-electron chi connectivity index (χ4n) is 1.72. The zero-order chi connectivity index (χ0) is 10.2. The van der Waals surface area contributed by atoms with Crippen LogP contribution in [0.5, 0.6) is 0 Å². The van der Waals surface area contributed by atoms with E-state index in [2.05, 4.69) is 22.1 Å². The summed E-state index contributed by atoms with van der Waals surface area (Å²) in [5, 5.41) is 12.8. The van der Waals surface area contributed by atoms with Gasteiger partial charge in [0.2, 0.25) is 0 Å². The van der Waals surface area contributed by atoms with Gasteiger partial charge in [0.05, 0.1) is 12.6 Å². The second-order valence-corrected chi connectivity index (χ2v) is 3.72. The maximum atomic E-state index is 9.66. The van der Waals surface area contributed by atoms with E-state index in [4.69, 9.17) is 0 Å². The molecule has 3 nitrogen and oxygen atoms in total. The number of rotatable bonds is 5. The van der Waals surface area contributed by atoms with Gasteiger partial charge in [-0.3, -0.25) is 0 Å². The van der Waals surface area contributed by atoms with Crippen molar-refractivity contribution in [2.24, 2.45) is 0 Å². The molecule has 0 amide bonds. The maximum absolute atomic E-state index is 9.66. The van der Waals surface area contributed by atoms with Crippen molar-refractivity contribution >= 4 is 0 Å². The summed E-state index contributed by atoms with van der Waals surface area (Å²) < 4.78 is 0. The van der Waals surface area contributed by atoms with Crippen LogP contribution < -0.4 is 5.32 Å². The van der Waals surface area contributed by atoms with E-state index in [1.165, 1.54) is 12.8 Å². The molecule has 14 heavy (non-hydrogen) atoms. The number of nitrogens with zero attached hydrogens (tertiary/aromatic N) is 1. The van der Waals surface area contributed by atoms with Gasteiger partial charge in [0.15, 0.2) is 0 Å². The minimum absolute atomic E-state index is 0.258. The first kappa shape index (κ1) is 11.5. The Morgan fingerprint density at radius 2 is 2.14 bits per heavy atom. The van der Waals surface area contributed by atoms with Crippen molar-refractivity contribution in [2.75, 3.05) is 32.7 Å². The summed E-state index contributed by atoms with van der Waals surface area (Å²) in [6, 6.07) is 0. The lowest BCUT2D eigenvalue weighted by atomic mass is 10.3. The molecule has 1 unspecified atom stereocenters. The topological polar surface area (TPSA) is 35.5 Å². The number of hydrogen-bond acceptors (Lipinski definition) is 3. The third-order valence-corrected chi connectivity index (χ3v) is 2.44. The molecule has 0 aromatic carbocycles. The van der Waals surface area contributed by atoms with Crippen LogP contribution in [0.2, 0.25) is 0 Å². The molecule has 1 fully saturated rings. The molecule has 1 aliphatic rings. The highest BCUT2D eigenvalue weighted by Crippen LogP contribution is 2.07. The molecule has 80 valence electrons. The number of nitrogens with one attached hydrogen (secondary N) is 1. The Kier molecular flexibility index (Phi) is 5.62. The predicted molar refractivity (Wildman–Crippen MR) is 58.0 cm³/mol. The SMILES string of the molecule is CC#CCNCC(O)CN1CCCC1. The average Bonchev–Trinajstić information content (AvgIpc) is 2.65. The van der Waals surface area contributed by atoms with E-state index in [1.807, 2.05) is 6.92 Å². The Morgan fingerprint density at radius 3 is 2.79 bits per heavy atom. The highest BCUT2D eigenvalue weighted by molar-refractivity contribution is 4.97. The Hall–Kier alpha value is -0.560. The van der Waals surface area contributed by atoms with Gasteiger partial charge in [-0.1, -0.05) is 5.92 Å². The van der Waals surface area contributed by atoms with E-state index >= 15 is 0 Å². The third kappa shape index (κ3) is 4.61. The summed E-state index contributed by atoms with van der Waals surface area (Å²) in [5.41, 5.74) is 0. The molecule has 1 heterocycles. The van der Waals surface area contributed by atoms with Gasteiger partial charge in [-0.15, -0.1) is 5.92 Å². The van der Waals surface area contributed by atoms with Gasteiger partial charge in [-0.05, 0) is 32.9 Å². The molecule has 1 saturated heterocycles. The Balaban J connectivity index is 2.02. The molecular formula is C11H20N2O. The number of likely N-dealkylation sites (tertiary alicyclic amines) is 1. The van der Waals surface area contributed by atoms with E-state index in [1.54, 1.807) is 0 Å². The molecule has 0 aromatic rings. The number of β-amino-alcohol motifs (C(OH)–C–C–N with tert-alkyl or cyclic N) is 1. The molecule has 0 spiro atoms. The van der Waals surface area contributed by atoms with Crippen LogP contribution in [-0.4, -0.2) is 48.8 Å². The van der Waals surface area contributed by atoms with Gasteiger partial charge in [0.25, 0.3) is 0 Å². The van der Waals surface area contributed by atoms with Gasteiger partial charge < -0.3 is 15.3 Å². The first-order valence-corrected chi connectivity index (χ1v) is 5.33. The highest BCUT2D eigenvalue weighted by atomic mass is 16.3. The molecule has 1 rings (SSSR count). The van der Waals surface area contributed by atoms with E-state index in [-0.39, 0.29) is 6.10 Å². The van der Waals surface area contributed by atoms with E-state index in [9.17, 15) is 5.11 Å². The highest BCUT2D eigenvalue weighted by Gasteiger charge is 2.14. The molecule has 0 bridgehead atoms. The third-order valence-electron chi connectivity index (χ3n) is 2.44. The summed E-state index contributed by atoms with van der Waals surface area (Å²) in [6.45, 7) is 6.23. The second kappa shape index (κ2) is 6.83. The molecule has 0 saturated carbocycles. The van der Waals surface area contributed by atoms with Crippen molar-refractivity contribution in [1.29, 1.82) is 0 Å². The fraction of sp³-hybridized carbons (Fsp3) is 0.818. The molecule has 1 atom stereocenters.